The second-order valence-electron chi connectivity index (χ2n) is 8.10. The van der Waals surface area contributed by atoms with E-state index in [1.165, 1.54) is 12.7 Å². The minimum atomic E-state index is -0.199. The van der Waals surface area contributed by atoms with Gasteiger partial charge in [0.1, 0.15) is 7.11 Å². The van der Waals surface area contributed by atoms with Crippen molar-refractivity contribution in [3.05, 3.63) is 95.6 Å². The molecule has 1 atom stereocenters. The summed E-state index contributed by atoms with van der Waals surface area (Å²) in [7, 11) is 1.49. The molecule has 0 spiro atoms. The Kier molecular flexibility index (Phi) is 6.83. The summed E-state index contributed by atoms with van der Waals surface area (Å²) in [6.07, 6.45) is 0.552. The van der Waals surface area contributed by atoms with Crippen molar-refractivity contribution < 1.29 is 14.4 Å². The van der Waals surface area contributed by atoms with Crippen molar-refractivity contribution in [1.29, 1.82) is 0 Å². The smallest absolute Gasteiger partial charge is 0.254 e. The number of carbonyl (C=O) groups excluding carboxylic acids is 2. The van der Waals surface area contributed by atoms with Crippen molar-refractivity contribution in [2.45, 2.75) is 19.4 Å². The third-order valence-corrected chi connectivity index (χ3v) is 5.87. The molecule has 0 radical (unpaired) electrons. The summed E-state index contributed by atoms with van der Waals surface area (Å²) in [5.74, 6) is -0.255. The largest absolute Gasteiger partial charge is 0.399 e. The van der Waals surface area contributed by atoms with Crippen LogP contribution in [0.25, 0.3) is 11.1 Å². The average Bonchev–Trinajstić information content (AvgIpc) is 3.26. The highest BCUT2D eigenvalue weighted by Gasteiger charge is 2.34. The summed E-state index contributed by atoms with van der Waals surface area (Å²) >= 11 is 0. The lowest BCUT2D eigenvalue weighted by Gasteiger charge is -2.24. The van der Waals surface area contributed by atoms with Crippen molar-refractivity contribution >= 4 is 17.5 Å². The van der Waals surface area contributed by atoms with Gasteiger partial charge >= 0.3 is 0 Å². The molecular weight excluding hydrogens is 414 g/mol. The van der Waals surface area contributed by atoms with Crippen LogP contribution in [0.1, 0.15) is 32.7 Å². The first-order valence-corrected chi connectivity index (χ1v) is 11.0. The first kappa shape index (κ1) is 22.3. The Morgan fingerprint density at radius 1 is 0.970 bits per heavy atom. The summed E-state index contributed by atoms with van der Waals surface area (Å²) in [6, 6.07) is 24.7. The predicted octanol–water partition coefficient (Wildman–Crippen LogP) is 4.31. The maximum Gasteiger partial charge on any atom is 0.254 e. The van der Waals surface area contributed by atoms with Crippen molar-refractivity contribution in [3.63, 3.8) is 0 Å². The van der Waals surface area contributed by atoms with E-state index in [2.05, 4.69) is 29.5 Å². The van der Waals surface area contributed by atoms with Gasteiger partial charge in [-0.15, -0.1) is 0 Å². The third-order valence-electron chi connectivity index (χ3n) is 5.87. The Morgan fingerprint density at radius 2 is 1.67 bits per heavy atom. The topological polar surface area (TPSA) is 71.0 Å². The van der Waals surface area contributed by atoms with Crippen LogP contribution in [-0.4, -0.2) is 48.7 Å². The van der Waals surface area contributed by atoms with Gasteiger partial charge in [0.15, 0.2) is 0 Å². The van der Waals surface area contributed by atoms with Crippen molar-refractivity contribution in [3.8, 4) is 11.1 Å². The van der Waals surface area contributed by atoms with Crippen LogP contribution in [0.3, 0.4) is 0 Å². The van der Waals surface area contributed by atoms with Gasteiger partial charge in [0.2, 0.25) is 0 Å². The number of carbonyl (C=O) groups is 2. The first-order valence-electron chi connectivity index (χ1n) is 11.0. The normalized spacial score (nSPS) is 16.6. The third kappa shape index (κ3) is 5.12. The van der Waals surface area contributed by atoms with Crippen LogP contribution in [0.15, 0.2) is 84.0 Å². The molecule has 1 fully saturated rings. The van der Waals surface area contributed by atoms with E-state index in [4.69, 9.17) is 4.84 Å². The molecule has 2 amide bonds. The number of hydrogen-bond donors (Lipinski definition) is 1. The molecule has 0 aromatic heterocycles. The van der Waals surface area contributed by atoms with E-state index >= 15 is 0 Å². The molecule has 0 aliphatic carbocycles. The predicted molar refractivity (Wildman–Crippen MR) is 129 cm³/mol. The molecule has 6 heteroatoms. The molecule has 1 aliphatic rings. The number of likely N-dealkylation sites (tertiary alicyclic amines) is 1. The van der Waals surface area contributed by atoms with Gasteiger partial charge in [0, 0.05) is 24.1 Å². The zero-order valence-corrected chi connectivity index (χ0v) is 18.8. The minimum absolute atomic E-state index is 0.0911. The zero-order chi connectivity index (χ0) is 23.2. The number of hydrogen-bond acceptors (Lipinski definition) is 4. The van der Waals surface area contributed by atoms with Crippen LogP contribution in [-0.2, 0) is 4.84 Å². The van der Waals surface area contributed by atoms with Gasteiger partial charge in [0.25, 0.3) is 11.8 Å². The van der Waals surface area contributed by atoms with Crippen LogP contribution in [0, 0.1) is 6.92 Å². The van der Waals surface area contributed by atoms with E-state index in [9.17, 15) is 9.59 Å². The Morgan fingerprint density at radius 3 is 2.36 bits per heavy atom. The summed E-state index contributed by atoms with van der Waals surface area (Å²) in [6.45, 7) is 2.78. The Bertz CT molecular complexity index is 1160. The molecular formula is C27H27N3O3. The second-order valence-corrected chi connectivity index (χ2v) is 8.10. The highest BCUT2D eigenvalue weighted by Crippen LogP contribution is 2.25. The molecule has 4 rings (SSSR count). The van der Waals surface area contributed by atoms with Crippen molar-refractivity contribution in [2.75, 3.05) is 20.2 Å². The van der Waals surface area contributed by atoms with Crippen LogP contribution in [0.5, 0.6) is 0 Å². The first-order chi connectivity index (χ1) is 16.1. The number of aryl methyl sites for hydroxylation is 1. The van der Waals surface area contributed by atoms with Crippen LogP contribution in [0.4, 0.5) is 0 Å². The minimum Gasteiger partial charge on any atom is -0.399 e. The van der Waals surface area contributed by atoms with E-state index in [1.807, 2.05) is 54.6 Å². The molecule has 6 nitrogen and oxygen atoms in total. The van der Waals surface area contributed by atoms with Gasteiger partial charge in [-0.25, -0.2) is 0 Å². The summed E-state index contributed by atoms with van der Waals surface area (Å²) in [5.41, 5.74) is 5.37. The zero-order valence-electron chi connectivity index (χ0n) is 18.8. The summed E-state index contributed by atoms with van der Waals surface area (Å²) in [4.78, 5) is 32.5. The molecule has 33 heavy (non-hydrogen) atoms. The molecule has 0 bridgehead atoms. The molecule has 168 valence electrons. The van der Waals surface area contributed by atoms with Gasteiger partial charge in [0.05, 0.1) is 18.3 Å². The average molecular weight is 442 g/mol. The van der Waals surface area contributed by atoms with Gasteiger partial charge < -0.3 is 15.1 Å². The quantitative estimate of drug-likeness (QED) is 0.580. The number of rotatable bonds is 6. The highest BCUT2D eigenvalue weighted by molar-refractivity contribution is 6.01. The SMILES string of the molecule is CO/N=C1/C[C@@H](CNC(=O)c2ccccc2)N(C(=O)c2ccc(-c3ccccc3C)cc2)C1. The fraction of sp³-hybridized carbons (Fsp3) is 0.222. The number of oxime groups is 1. The monoisotopic (exact) mass is 441 g/mol. The molecule has 0 unspecified atom stereocenters. The van der Waals surface area contributed by atoms with Crippen LogP contribution < -0.4 is 5.32 Å². The lowest BCUT2D eigenvalue weighted by molar-refractivity contribution is 0.0728. The molecule has 1 heterocycles. The van der Waals surface area contributed by atoms with Gasteiger partial charge in [-0.3, -0.25) is 9.59 Å². The van der Waals surface area contributed by atoms with E-state index in [0.29, 0.717) is 30.6 Å². The lowest BCUT2D eigenvalue weighted by atomic mass is 9.99. The van der Waals surface area contributed by atoms with Gasteiger partial charge in [-0.1, -0.05) is 59.8 Å². The van der Waals surface area contributed by atoms with Crippen LogP contribution in [0.2, 0.25) is 0 Å². The molecule has 1 aliphatic heterocycles. The Labute approximate surface area is 193 Å². The number of nitrogens with zero attached hydrogens (tertiary/aromatic N) is 2. The fourth-order valence-corrected chi connectivity index (χ4v) is 4.14. The van der Waals surface area contributed by atoms with E-state index in [-0.39, 0.29) is 17.9 Å². The maximum atomic E-state index is 13.4. The second kappa shape index (κ2) is 10.1. The highest BCUT2D eigenvalue weighted by atomic mass is 16.6. The molecule has 3 aromatic carbocycles. The Hall–Kier alpha value is -3.93. The molecule has 0 saturated carbocycles. The number of nitrogens with one attached hydrogen (secondary N) is 1. The van der Waals surface area contributed by atoms with E-state index in [0.717, 1.165) is 16.8 Å². The van der Waals surface area contributed by atoms with Crippen molar-refractivity contribution in [1.82, 2.24) is 10.2 Å². The standard InChI is InChI=1S/C27H27N3O3/c1-19-8-6-7-11-25(19)20-12-14-22(15-13-20)27(32)30-18-23(29-33-2)16-24(30)17-28-26(31)21-9-4-3-5-10-21/h3-15,24H,16-18H2,1-2H3,(H,28,31)/b29-23-/t24-/m0/s1. The molecule has 3 aromatic rings. The van der Waals surface area contributed by atoms with Crippen molar-refractivity contribution in [2.24, 2.45) is 5.16 Å². The number of benzene rings is 3. The van der Waals surface area contributed by atoms with Crippen LogP contribution >= 0.6 is 0 Å². The van der Waals surface area contributed by atoms with Gasteiger partial charge in [-0.05, 0) is 47.9 Å². The fourth-order valence-electron chi connectivity index (χ4n) is 4.14. The van der Waals surface area contributed by atoms with E-state index < -0.39 is 0 Å². The summed E-state index contributed by atoms with van der Waals surface area (Å²) < 4.78 is 0. The van der Waals surface area contributed by atoms with E-state index in [1.54, 1.807) is 17.0 Å². The number of amides is 2. The Balaban J connectivity index is 1.49. The maximum absolute atomic E-state index is 13.4. The van der Waals surface area contributed by atoms with Gasteiger partial charge in [-0.2, -0.15) is 0 Å². The summed E-state index contributed by atoms with van der Waals surface area (Å²) in [5, 5.41) is 7.01. The molecule has 1 saturated heterocycles. The lowest BCUT2D eigenvalue weighted by Crippen LogP contribution is -2.43. The molecule has 1 N–H and O–H groups in total.